The largest absolute Gasteiger partial charge is 0.356 e. The number of unbranched alkanes of at least 4 members (excludes halogenated alkanes) is 1. The van der Waals surface area contributed by atoms with Gasteiger partial charge in [-0.05, 0) is 48.9 Å². The second kappa shape index (κ2) is 13.1. The van der Waals surface area contributed by atoms with Crippen LogP contribution in [-0.2, 0) is 29.2 Å². The first-order valence-electron chi connectivity index (χ1n) is 12.3. The first-order chi connectivity index (χ1) is 17.3. The van der Waals surface area contributed by atoms with Crippen LogP contribution >= 0.6 is 11.6 Å². The minimum absolute atomic E-state index is 0.0332. The second-order valence-electron chi connectivity index (χ2n) is 9.20. The summed E-state index contributed by atoms with van der Waals surface area (Å²) in [7, 11) is 0. The molecule has 0 atom stereocenters. The van der Waals surface area contributed by atoms with E-state index in [-0.39, 0.29) is 31.4 Å². The van der Waals surface area contributed by atoms with Gasteiger partial charge in [0.2, 0.25) is 11.8 Å². The Morgan fingerprint density at radius 3 is 2.39 bits per heavy atom. The van der Waals surface area contributed by atoms with Gasteiger partial charge in [0, 0.05) is 31.1 Å². The van der Waals surface area contributed by atoms with Crippen LogP contribution in [0.1, 0.15) is 45.1 Å². The van der Waals surface area contributed by atoms with Crippen molar-refractivity contribution >= 4 is 34.3 Å². The van der Waals surface area contributed by atoms with Crippen molar-refractivity contribution in [3.05, 3.63) is 80.0 Å². The van der Waals surface area contributed by atoms with Gasteiger partial charge in [-0.15, -0.1) is 0 Å². The summed E-state index contributed by atoms with van der Waals surface area (Å²) >= 11 is 6.16. The number of nitrogens with zero attached hydrogens (tertiary/aromatic N) is 2. The summed E-state index contributed by atoms with van der Waals surface area (Å²) in [5.74, 6) is 0.116. The molecule has 2 aromatic carbocycles. The number of fused-ring (bicyclic) bond motifs is 1. The number of benzene rings is 2. The monoisotopic (exact) mass is 512 g/mol. The third-order valence-electron chi connectivity index (χ3n) is 5.95. The van der Waals surface area contributed by atoms with Gasteiger partial charge in [-0.2, -0.15) is 0 Å². The number of amides is 2. The van der Waals surface area contributed by atoms with Gasteiger partial charge in [0.05, 0.1) is 10.9 Å². The van der Waals surface area contributed by atoms with Crippen molar-refractivity contribution < 1.29 is 9.59 Å². The molecule has 2 N–H and O–H groups in total. The predicted molar refractivity (Wildman–Crippen MR) is 142 cm³/mol. The molecule has 0 spiro atoms. The normalized spacial score (nSPS) is 11.1. The molecular formula is C27H33ClN4O4. The standard InChI is InChI=1S/C27H33ClN4O4/c1-19(2)14-15-29-24(33)13-7-8-16-31-26(35)21-10-4-6-12-23(21)32(27(31)36)18-25(34)30-17-20-9-3-5-11-22(20)28/h3-6,9-12,19H,7-8,13-18H2,1-2H3,(H,29,33)(H,30,34). The Morgan fingerprint density at radius 1 is 0.917 bits per heavy atom. The Balaban J connectivity index is 1.70. The Labute approximate surface area is 215 Å². The fourth-order valence-electron chi connectivity index (χ4n) is 3.90. The molecule has 2 amide bonds. The lowest BCUT2D eigenvalue weighted by Crippen LogP contribution is -2.42. The maximum Gasteiger partial charge on any atom is 0.331 e. The number of hydrogen-bond acceptors (Lipinski definition) is 4. The van der Waals surface area contributed by atoms with E-state index >= 15 is 0 Å². The van der Waals surface area contributed by atoms with Crippen LogP contribution in [0.5, 0.6) is 0 Å². The van der Waals surface area contributed by atoms with Gasteiger partial charge in [0.25, 0.3) is 5.56 Å². The van der Waals surface area contributed by atoms with Gasteiger partial charge in [-0.3, -0.25) is 23.5 Å². The summed E-state index contributed by atoms with van der Waals surface area (Å²) in [4.78, 5) is 51.0. The molecule has 3 rings (SSSR count). The zero-order chi connectivity index (χ0) is 26.1. The maximum atomic E-state index is 13.2. The zero-order valence-corrected chi connectivity index (χ0v) is 21.5. The third kappa shape index (κ3) is 7.31. The molecule has 3 aromatic rings. The number of carbonyl (C=O) groups is 2. The first kappa shape index (κ1) is 27.2. The number of halogens is 1. The zero-order valence-electron chi connectivity index (χ0n) is 20.8. The molecule has 0 bridgehead atoms. The van der Waals surface area contributed by atoms with Crippen LogP contribution in [0.4, 0.5) is 0 Å². The summed E-state index contributed by atoms with van der Waals surface area (Å²) in [6.07, 6.45) is 2.29. The lowest BCUT2D eigenvalue weighted by Gasteiger charge is -2.14. The van der Waals surface area contributed by atoms with E-state index in [1.807, 2.05) is 18.2 Å². The molecule has 0 aliphatic carbocycles. The fourth-order valence-corrected chi connectivity index (χ4v) is 4.10. The molecule has 0 aliphatic rings. The van der Waals surface area contributed by atoms with Crippen molar-refractivity contribution in [2.24, 2.45) is 5.92 Å². The maximum absolute atomic E-state index is 13.2. The molecule has 0 radical (unpaired) electrons. The van der Waals surface area contributed by atoms with Crippen LogP contribution in [0.2, 0.25) is 5.02 Å². The Kier molecular flexibility index (Phi) is 9.87. The van der Waals surface area contributed by atoms with E-state index in [9.17, 15) is 19.2 Å². The van der Waals surface area contributed by atoms with Crippen molar-refractivity contribution in [1.29, 1.82) is 0 Å². The molecule has 0 saturated carbocycles. The minimum atomic E-state index is -0.548. The molecule has 0 unspecified atom stereocenters. The van der Waals surface area contributed by atoms with E-state index in [0.29, 0.717) is 47.7 Å². The quantitative estimate of drug-likeness (QED) is 0.363. The summed E-state index contributed by atoms with van der Waals surface area (Å²) in [6.45, 7) is 5.00. The van der Waals surface area contributed by atoms with Gasteiger partial charge in [0.15, 0.2) is 0 Å². The van der Waals surface area contributed by atoms with Gasteiger partial charge >= 0.3 is 5.69 Å². The average molecular weight is 513 g/mol. The van der Waals surface area contributed by atoms with E-state index < -0.39 is 11.2 Å². The highest BCUT2D eigenvalue weighted by molar-refractivity contribution is 6.31. The van der Waals surface area contributed by atoms with E-state index in [0.717, 1.165) is 16.6 Å². The van der Waals surface area contributed by atoms with Gasteiger partial charge < -0.3 is 10.6 Å². The molecule has 0 saturated heterocycles. The topological polar surface area (TPSA) is 102 Å². The van der Waals surface area contributed by atoms with Crippen LogP contribution in [0, 0.1) is 5.92 Å². The van der Waals surface area contributed by atoms with E-state index in [2.05, 4.69) is 24.5 Å². The average Bonchev–Trinajstić information content (AvgIpc) is 2.85. The highest BCUT2D eigenvalue weighted by Gasteiger charge is 2.15. The van der Waals surface area contributed by atoms with Gasteiger partial charge in [-0.1, -0.05) is 55.8 Å². The van der Waals surface area contributed by atoms with E-state index in [1.54, 1.807) is 30.3 Å². The van der Waals surface area contributed by atoms with Crippen LogP contribution in [0.15, 0.2) is 58.1 Å². The van der Waals surface area contributed by atoms with Gasteiger partial charge in [-0.25, -0.2) is 4.79 Å². The summed E-state index contributed by atoms with van der Waals surface area (Å²) < 4.78 is 2.47. The Hall–Kier alpha value is -3.39. The molecule has 1 aromatic heterocycles. The first-order valence-corrected chi connectivity index (χ1v) is 12.6. The lowest BCUT2D eigenvalue weighted by atomic mass is 10.1. The van der Waals surface area contributed by atoms with Crippen molar-refractivity contribution in [1.82, 2.24) is 19.8 Å². The number of hydrogen-bond donors (Lipinski definition) is 2. The molecular weight excluding hydrogens is 480 g/mol. The second-order valence-corrected chi connectivity index (χ2v) is 9.61. The smallest absolute Gasteiger partial charge is 0.331 e. The van der Waals surface area contributed by atoms with Crippen molar-refractivity contribution in [2.75, 3.05) is 6.54 Å². The molecule has 9 heteroatoms. The van der Waals surface area contributed by atoms with Crippen LogP contribution in [-0.4, -0.2) is 27.5 Å². The highest BCUT2D eigenvalue weighted by Crippen LogP contribution is 2.14. The molecule has 0 aliphatic heterocycles. The SMILES string of the molecule is CC(C)CCNC(=O)CCCCn1c(=O)c2ccccc2n(CC(=O)NCc2ccccc2Cl)c1=O. The van der Waals surface area contributed by atoms with Crippen molar-refractivity contribution in [2.45, 2.75) is 59.2 Å². The highest BCUT2D eigenvalue weighted by atomic mass is 35.5. The van der Waals surface area contributed by atoms with Crippen LogP contribution < -0.4 is 21.9 Å². The summed E-state index contributed by atoms with van der Waals surface area (Å²) in [5.41, 5.74) is 0.224. The Morgan fingerprint density at radius 2 is 1.64 bits per heavy atom. The minimum Gasteiger partial charge on any atom is -0.356 e. The lowest BCUT2D eigenvalue weighted by molar-refractivity contribution is -0.122. The molecule has 8 nitrogen and oxygen atoms in total. The van der Waals surface area contributed by atoms with Crippen molar-refractivity contribution in [3.8, 4) is 0 Å². The van der Waals surface area contributed by atoms with Crippen molar-refractivity contribution in [3.63, 3.8) is 0 Å². The van der Waals surface area contributed by atoms with Crippen LogP contribution in [0.25, 0.3) is 10.9 Å². The predicted octanol–water partition coefficient (Wildman–Crippen LogP) is 3.47. The number of nitrogens with one attached hydrogen (secondary N) is 2. The molecule has 36 heavy (non-hydrogen) atoms. The molecule has 1 heterocycles. The summed E-state index contributed by atoms with van der Waals surface area (Å²) in [6, 6.07) is 13.9. The van der Waals surface area contributed by atoms with E-state index in [1.165, 1.54) is 4.57 Å². The number of aromatic nitrogens is 2. The number of para-hydroxylation sites is 1. The number of rotatable bonds is 12. The molecule has 0 fully saturated rings. The van der Waals surface area contributed by atoms with E-state index in [4.69, 9.17) is 11.6 Å². The summed E-state index contributed by atoms with van der Waals surface area (Å²) in [5, 5.41) is 6.59. The fraction of sp³-hybridized carbons (Fsp3) is 0.407. The Bertz CT molecular complexity index is 1330. The molecule has 192 valence electrons. The van der Waals surface area contributed by atoms with Gasteiger partial charge in [0.1, 0.15) is 6.54 Å². The third-order valence-corrected chi connectivity index (χ3v) is 6.32. The van der Waals surface area contributed by atoms with Crippen LogP contribution in [0.3, 0.4) is 0 Å². The number of carbonyl (C=O) groups excluding carboxylic acids is 2.